The molecule has 0 radical (unpaired) electrons. The Bertz CT molecular complexity index is 560. The van der Waals surface area contributed by atoms with Crippen LogP contribution in [0, 0.1) is 19.8 Å². The summed E-state index contributed by atoms with van der Waals surface area (Å²) in [6.45, 7) is 6.55. The van der Waals surface area contributed by atoms with Gasteiger partial charge in [-0.05, 0) is 26.3 Å². The number of aryl methyl sites for hydroxylation is 1. The van der Waals surface area contributed by atoms with Crippen LogP contribution in [0.5, 0.6) is 0 Å². The number of aliphatic carboxylic acids is 1. The van der Waals surface area contributed by atoms with Gasteiger partial charge in [0.2, 0.25) is 0 Å². The molecule has 6 heteroatoms. The third kappa shape index (κ3) is 3.07. The zero-order valence-corrected chi connectivity index (χ0v) is 12.4. The van der Waals surface area contributed by atoms with Gasteiger partial charge in [0.15, 0.2) is 5.78 Å². The van der Waals surface area contributed by atoms with E-state index in [-0.39, 0.29) is 18.2 Å². The summed E-state index contributed by atoms with van der Waals surface area (Å²) in [5, 5.41) is 8.87. The molecule has 6 nitrogen and oxygen atoms in total. The van der Waals surface area contributed by atoms with Crippen LogP contribution in [0.2, 0.25) is 0 Å². The minimum absolute atomic E-state index is 0.100. The number of nitrogens with zero attached hydrogens (tertiary/aromatic N) is 1. The van der Waals surface area contributed by atoms with Crippen molar-refractivity contribution in [2.45, 2.75) is 27.7 Å². The van der Waals surface area contributed by atoms with Crippen molar-refractivity contribution in [1.29, 1.82) is 0 Å². The molecule has 0 aromatic carbocycles. The number of rotatable bonds is 5. The number of hydrogen-bond donors (Lipinski definition) is 2. The average Bonchev–Trinajstić information content (AvgIpc) is 2.63. The number of aromatic nitrogens is 1. The quantitative estimate of drug-likeness (QED) is 0.802. The molecule has 0 saturated carbocycles. The Balaban J connectivity index is 3.01. The first-order valence-corrected chi connectivity index (χ1v) is 6.35. The zero-order chi connectivity index (χ0) is 15.6. The van der Waals surface area contributed by atoms with Crippen molar-refractivity contribution in [3.63, 3.8) is 0 Å². The van der Waals surface area contributed by atoms with E-state index in [0.29, 0.717) is 22.5 Å². The number of amides is 1. The number of carbonyl (C=O) groups excluding carboxylic acids is 2. The first-order chi connectivity index (χ1) is 9.16. The molecule has 1 rings (SSSR count). The fourth-order valence-electron chi connectivity index (χ4n) is 2.25. The van der Waals surface area contributed by atoms with E-state index in [4.69, 9.17) is 5.11 Å². The molecule has 0 aliphatic rings. The van der Waals surface area contributed by atoms with Gasteiger partial charge in [0.25, 0.3) is 5.91 Å². The largest absolute Gasteiger partial charge is 0.481 e. The van der Waals surface area contributed by atoms with Crippen molar-refractivity contribution in [3.8, 4) is 0 Å². The molecule has 0 aliphatic carbocycles. The highest BCUT2D eigenvalue weighted by atomic mass is 16.4. The van der Waals surface area contributed by atoms with Crippen LogP contribution in [0.25, 0.3) is 0 Å². The molecule has 0 aliphatic heterocycles. The van der Waals surface area contributed by atoms with E-state index in [1.54, 1.807) is 27.8 Å². The van der Waals surface area contributed by atoms with Gasteiger partial charge >= 0.3 is 5.97 Å². The summed E-state index contributed by atoms with van der Waals surface area (Å²) in [7, 11) is 1.55. The first-order valence-electron chi connectivity index (χ1n) is 6.35. The third-order valence-corrected chi connectivity index (χ3v) is 3.32. The first kappa shape index (κ1) is 15.9. The van der Waals surface area contributed by atoms with Crippen LogP contribution in [-0.4, -0.2) is 46.2 Å². The Kier molecular flexibility index (Phi) is 4.70. The fraction of sp³-hybridized carbons (Fsp3) is 0.500. The topological polar surface area (TPSA) is 90.5 Å². The summed E-state index contributed by atoms with van der Waals surface area (Å²) in [5.41, 5.74) is 2.12. The highest BCUT2D eigenvalue weighted by Crippen LogP contribution is 2.19. The summed E-state index contributed by atoms with van der Waals surface area (Å²) in [6, 6.07) is 0. The lowest BCUT2D eigenvalue weighted by Crippen LogP contribution is -2.34. The van der Waals surface area contributed by atoms with Crippen molar-refractivity contribution in [3.05, 3.63) is 22.5 Å². The maximum atomic E-state index is 12.3. The van der Waals surface area contributed by atoms with Crippen molar-refractivity contribution < 1.29 is 19.5 Å². The lowest BCUT2D eigenvalue weighted by atomic mass is 10.1. The summed E-state index contributed by atoms with van der Waals surface area (Å²) in [4.78, 5) is 38.9. The molecule has 1 atom stereocenters. The van der Waals surface area contributed by atoms with Crippen LogP contribution in [0.4, 0.5) is 0 Å². The van der Waals surface area contributed by atoms with Crippen molar-refractivity contribution in [1.82, 2.24) is 9.88 Å². The predicted octanol–water partition coefficient (Wildman–Crippen LogP) is 1.63. The second-order valence-corrected chi connectivity index (χ2v) is 5.11. The summed E-state index contributed by atoms with van der Waals surface area (Å²) < 4.78 is 0. The van der Waals surface area contributed by atoms with Crippen LogP contribution in [0.1, 0.15) is 46.0 Å². The van der Waals surface area contributed by atoms with Gasteiger partial charge in [-0.2, -0.15) is 0 Å². The number of carbonyl (C=O) groups is 3. The normalized spacial score (nSPS) is 12.1. The van der Waals surface area contributed by atoms with Crippen LogP contribution < -0.4 is 0 Å². The lowest BCUT2D eigenvalue weighted by molar-refractivity contribution is -0.141. The van der Waals surface area contributed by atoms with Gasteiger partial charge in [-0.3, -0.25) is 14.4 Å². The van der Waals surface area contributed by atoms with Gasteiger partial charge < -0.3 is 15.0 Å². The number of aromatic amines is 1. The van der Waals surface area contributed by atoms with E-state index in [1.165, 1.54) is 11.8 Å². The lowest BCUT2D eigenvalue weighted by Gasteiger charge is -2.19. The number of H-pyrrole nitrogens is 1. The molecule has 1 aromatic rings. The summed E-state index contributed by atoms with van der Waals surface area (Å²) >= 11 is 0. The third-order valence-electron chi connectivity index (χ3n) is 3.32. The average molecular weight is 280 g/mol. The van der Waals surface area contributed by atoms with Crippen LogP contribution in [0.3, 0.4) is 0 Å². The Morgan fingerprint density at radius 2 is 1.85 bits per heavy atom. The second kappa shape index (κ2) is 5.90. The van der Waals surface area contributed by atoms with E-state index in [1.807, 2.05) is 0 Å². The molecule has 0 spiro atoms. The zero-order valence-electron chi connectivity index (χ0n) is 12.4. The van der Waals surface area contributed by atoms with Gasteiger partial charge in [0.1, 0.15) is 5.69 Å². The monoisotopic (exact) mass is 280 g/mol. The maximum absolute atomic E-state index is 12.3. The standard InChI is InChI=1S/C14H20N2O4/c1-7(14(19)20)6-16(5)13(18)12-8(2)11(10(4)17)9(3)15-12/h7,15H,6H2,1-5H3,(H,19,20). The van der Waals surface area contributed by atoms with Crippen molar-refractivity contribution in [2.75, 3.05) is 13.6 Å². The molecular formula is C14H20N2O4. The van der Waals surface area contributed by atoms with Gasteiger partial charge in [-0.1, -0.05) is 6.92 Å². The molecule has 1 unspecified atom stereocenters. The number of hydrogen-bond acceptors (Lipinski definition) is 3. The van der Waals surface area contributed by atoms with E-state index in [9.17, 15) is 14.4 Å². The number of carboxylic acids is 1. The van der Waals surface area contributed by atoms with Crippen LogP contribution in [-0.2, 0) is 4.79 Å². The Morgan fingerprint density at radius 1 is 1.30 bits per heavy atom. The van der Waals surface area contributed by atoms with Gasteiger partial charge in [0.05, 0.1) is 5.92 Å². The van der Waals surface area contributed by atoms with Crippen molar-refractivity contribution >= 4 is 17.7 Å². The van der Waals surface area contributed by atoms with E-state index in [2.05, 4.69) is 4.98 Å². The second-order valence-electron chi connectivity index (χ2n) is 5.11. The minimum Gasteiger partial charge on any atom is -0.481 e. The Hall–Kier alpha value is -2.11. The van der Waals surface area contributed by atoms with Crippen LogP contribution >= 0.6 is 0 Å². The van der Waals surface area contributed by atoms with Gasteiger partial charge in [-0.25, -0.2) is 0 Å². The molecule has 0 saturated heterocycles. The molecule has 2 N–H and O–H groups in total. The SMILES string of the molecule is CC(=O)c1c(C)[nH]c(C(=O)N(C)CC(C)C(=O)O)c1C. The van der Waals surface area contributed by atoms with E-state index in [0.717, 1.165) is 0 Å². The smallest absolute Gasteiger partial charge is 0.308 e. The van der Waals surface area contributed by atoms with Crippen LogP contribution in [0.15, 0.2) is 0 Å². The highest BCUT2D eigenvalue weighted by Gasteiger charge is 2.24. The fourth-order valence-corrected chi connectivity index (χ4v) is 2.25. The minimum atomic E-state index is -0.950. The number of carboxylic acid groups (broad SMARTS) is 1. The van der Waals surface area contributed by atoms with Gasteiger partial charge in [-0.15, -0.1) is 0 Å². The molecule has 20 heavy (non-hydrogen) atoms. The molecule has 110 valence electrons. The Morgan fingerprint density at radius 3 is 2.25 bits per heavy atom. The Labute approximate surface area is 117 Å². The van der Waals surface area contributed by atoms with Crippen molar-refractivity contribution in [2.24, 2.45) is 5.92 Å². The molecule has 0 fully saturated rings. The predicted molar refractivity (Wildman–Crippen MR) is 74.0 cm³/mol. The molecule has 1 aromatic heterocycles. The van der Waals surface area contributed by atoms with E-state index >= 15 is 0 Å². The van der Waals surface area contributed by atoms with E-state index < -0.39 is 11.9 Å². The molecule has 0 bridgehead atoms. The molecule has 1 amide bonds. The highest BCUT2D eigenvalue weighted by molar-refractivity contribution is 6.02. The number of Topliss-reactive ketones (excluding diaryl/α,β-unsaturated/α-hetero) is 1. The summed E-state index contributed by atoms with van der Waals surface area (Å²) in [6.07, 6.45) is 0. The molecular weight excluding hydrogens is 260 g/mol. The molecule has 1 heterocycles. The summed E-state index contributed by atoms with van der Waals surface area (Å²) in [5.74, 6) is -2.01. The van der Waals surface area contributed by atoms with Gasteiger partial charge in [0, 0.05) is 24.8 Å². The number of ketones is 1. The number of nitrogens with one attached hydrogen (secondary N) is 1. The maximum Gasteiger partial charge on any atom is 0.308 e.